The van der Waals surface area contributed by atoms with E-state index in [0.717, 1.165) is 19.5 Å². The number of alkyl halides is 1. The van der Waals surface area contributed by atoms with Gasteiger partial charge in [0, 0.05) is 13.1 Å². The van der Waals surface area contributed by atoms with Crippen LogP contribution in [0.25, 0.3) is 0 Å². The Morgan fingerprint density at radius 2 is 1.80 bits per heavy atom. The zero-order valence-corrected chi connectivity index (χ0v) is 12.2. The SMILES string of the molecule is CCC(C)CN(CC)C(=O)C(Br)C(C)C. The van der Waals surface area contributed by atoms with E-state index in [4.69, 9.17) is 0 Å². The lowest BCUT2D eigenvalue weighted by Gasteiger charge is -2.27. The van der Waals surface area contributed by atoms with Crippen LogP contribution in [-0.4, -0.2) is 28.7 Å². The van der Waals surface area contributed by atoms with Gasteiger partial charge in [-0.3, -0.25) is 4.79 Å². The van der Waals surface area contributed by atoms with Crippen LogP contribution in [0.1, 0.15) is 41.0 Å². The number of rotatable bonds is 6. The third-order valence-electron chi connectivity index (χ3n) is 2.74. The predicted octanol–water partition coefficient (Wildman–Crippen LogP) is 3.30. The Labute approximate surface area is 103 Å². The molecule has 0 aliphatic carbocycles. The summed E-state index contributed by atoms with van der Waals surface area (Å²) in [6.07, 6.45) is 1.12. The molecule has 0 N–H and O–H groups in total. The summed E-state index contributed by atoms with van der Waals surface area (Å²) in [6.45, 7) is 12.2. The number of halogens is 1. The molecular weight excluding hydrogens is 254 g/mol. The van der Waals surface area contributed by atoms with E-state index in [1.165, 1.54) is 0 Å². The van der Waals surface area contributed by atoms with E-state index in [0.29, 0.717) is 11.8 Å². The van der Waals surface area contributed by atoms with Gasteiger partial charge in [0.1, 0.15) is 0 Å². The highest BCUT2D eigenvalue weighted by molar-refractivity contribution is 9.10. The van der Waals surface area contributed by atoms with Gasteiger partial charge in [-0.2, -0.15) is 0 Å². The Morgan fingerprint density at radius 1 is 1.27 bits per heavy atom. The lowest BCUT2D eigenvalue weighted by Crippen LogP contribution is -2.40. The Kier molecular flexibility index (Phi) is 7.24. The van der Waals surface area contributed by atoms with Gasteiger partial charge in [-0.05, 0) is 18.8 Å². The minimum Gasteiger partial charge on any atom is -0.342 e. The molecule has 90 valence electrons. The maximum atomic E-state index is 12.0. The molecule has 2 unspecified atom stereocenters. The van der Waals surface area contributed by atoms with Gasteiger partial charge < -0.3 is 4.90 Å². The summed E-state index contributed by atoms with van der Waals surface area (Å²) in [6, 6.07) is 0. The van der Waals surface area contributed by atoms with Gasteiger partial charge in [0.05, 0.1) is 4.83 Å². The number of amides is 1. The van der Waals surface area contributed by atoms with Crippen molar-refractivity contribution in [2.75, 3.05) is 13.1 Å². The van der Waals surface area contributed by atoms with Gasteiger partial charge in [0.25, 0.3) is 0 Å². The van der Waals surface area contributed by atoms with E-state index in [1.54, 1.807) is 0 Å². The lowest BCUT2D eigenvalue weighted by atomic mass is 10.1. The summed E-state index contributed by atoms with van der Waals surface area (Å²) in [7, 11) is 0. The first-order chi connectivity index (χ1) is 6.93. The largest absolute Gasteiger partial charge is 0.342 e. The Balaban J connectivity index is 4.34. The zero-order valence-electron chi connectivity index (χ0n) is 10.6. The van der Waals surface area contributed by atoms with Gasteiger partial charge in [-0.25, -0.2) is 0 Å². The van der Waals surface area contributed by atoms with E-state index in [1.807, 2.05) is 11.8 Å². The van der Waals surface area contributed by atoms with Crippen LogP contribution in [-0.2, 0) is 4.79 Å². The molecule has 0 bridgehead atoms. The van der Waals surface area contributed by atoms with Crippen molar-refractivity contribution in [3.05, 3.63) is 0 Å². The molecule has 0 fully saturated rings. The molecular formula is C12H24BrNO. The second kappa shape index (κ2) is 7.26. The number of hydrogen-bond acceptors (Lipinski definition) is 1. The topological polar surface area (TPSA) is 20.3 Å². The summed E-state index contributed by atoms with van der Waals surface area (Å²) < 4.78 is 0. The van der Waals surface area contributed by atoms with Crippen molar-refractivity contribution in [2.45, 2.75) is 45.9 Å². The zero-order chi connectivity index (χ0) is 12.0. The quantitative estimate of drug-likeness (QED) is 0.683. The Hall–Kier alpha value is -0.0500. The fourth-order valence-corrected chi connectivity index (χ4v) is 1.63. The number of carbonyl (C=O) groups excluding carboxylic acids is 1. The van der Waals surface area contributed by atoms with Crippen LogP contribution in [0.3, 0.4) is 0 Å². The van der Waals surface area contributed by atoms with Crippen molar-refractivity contribution in [3.8, 4) is 0 Å². The molecule has 1 amide bonds. The van der Waals surface area contributed by atoms with Crippen molar-refractivity contribution in [2.24, 2.45) is 11.8 Å². The molecule has 2 atom stereocenters. The maximum Gasteiger partial charge on any atom is 0.236 e. The van der Waals surface area contributed by atoms with E-state index in [-0.39, 0.29) is 10.7 Å². The van der Waals surface area contributed by atoms with Crippen LogP contribution >= 0.6 is 15.9 Å². The number of hydrogen-bond donors (Lipinski definition) is 0. The second-order valence-electron chi connectivity index (χ2n) is 4.54. The highest BCUT2D eigenvalue weighted by atomic mass is 79.9. The molecule has 0 rings (SSSR count). The number of nitrogens with zero attached hydrogens (tertiary/aromatic N) is 1. The third kappa shape index (κ3) is 5.01. The summed E-state index contributed by atoms with van der Waals surface area (Å²) in [5.74, 6) is 1.16. The molecule has 0 radical (unpaired) electrons. The second-order valence-corrected chi connectivity index (χ2v) is 5.52. The standard InChI is InChI=1S/C12H24BrNO/c1-6-10(5)8-14(7-2)12(15)11(13)9(3)4/h9-11H,6-8H2,1-5H3. The average Bonchev–Trinajstić information content (AvgIpc) is 2.23. The minimum absolute atomic E-state index is 0.0403. The van der Waals surface area contributed by atoms with Gasteiger partial charge in [0.15, 0.2) is 0 Å². The van der Waals surface area contributed by atoms with Gasteiger partial charge in [-0.1, -0.05) is 50.0 Å². The maximum absolute atomic E-state index is 12.0. The fraction of sp³-hybridized carbons (Fsp3) is 0.917. The van der Waals surface area contributed by atoms with Crippen molar-refractivity contribution >= 4 is 21.8 Å². The van der Waals surface area contributed by atoms with Gasteiger partial charge >= 0.3 is 0 Å². The molecule has 0 heterocycles. The molecule has 0 aliphatic rings. The first kappa shape index (κ1) is 14.9. The minimum atomic E-state index is -0.0403. The Bertz CT molecular complexity index is 194. The molecule has 3 heteroatoms. The van der Waals surface area contributed by atoms with Crippen LogP contribution in [0.4, 0.5) is 0 Å². The van der Waals surface area contributed by atoms with Crippen LogP contribution in [0.5, 0.6) is 0 Å². The van der Waals surface area contributed by atoms with E-state index < -0.39 is 0 Å². The molecule has 2 nitrogen and oxygen atoms in total. The van der Waals surface area contributed by atoms with Crippen molar-refractivity contribution in [1.29, 1.82) is 0 Å². The van der Waals surface area contributed by atoms with E-state index in [9.17, 15) is 4.79 Å². The average molecular weight is 278 g/mol. The van der Waals surface area contributed by atoms with Crippen molar-refractivity contribution in [1.82, 2.24) is 4.90 Å². The third-order valence-corrected chi connectivity index (χ3v) is 4.19. The Morgan fingerprint density at radius 3 is 2.13 bits per heavy atom. The summed E-state index contributed by atoms with van der Waals surface area (Å²) in [5.41, 5.74) is 0. The first-order valence-corrected chi connectivity index (χ1v) is 6.78. The molecule has 0 saturated heterocycles. The fourth-order valence-electron chi connectivity index (χ4n) is 1.34. The first-order valence-electron chi connectivity index (χ1n) is 5.86. The molecule has 0 aliphatic heterocycles. The van der Waals surface area contributed by atoms with Gasteiger partial charge in [0.2, 0.25) is 5.91 Å². The molecule has 15 heavy (non-hydrogen) atoms. The molecule has 0 spiro atoms. The van der Waals surface area contributed by atoms with Crippen molar-refractivity contribution in [3.63, 3.8) is 0 Å². The predicted molar refractivity (Wildman–Crippen MR) is 69.3 cm³/mol. The van der Waals surface area contributed by atoms with E-state index in [2.05, 4.69) is 43.6 Å². The van der Waals surface area contributed by atoms with Crippen molar-refractivity contribution < 1.29 is 4.79 Å². The smallest absolute Gasteiger partial charge is 0.236 e. The van der Waals surface area contributed by atoms with Crippen LogP contribution < -0.4 is 0 Å². The highest BCUT2D eigenvalue weighted by Gasteiger charge is 2.24. The summed E-state index contributed by atoms with van der Waals surface area (Å²) >= 11 is 3.47. The van der Waals surface area contributed by atoms with Gasteiger partial charge in [-0.15, -0.1) is 0 Å². The van der Waals surface area contributed by atoms with Crippen LogP contribution in [0.15, 0.2) is 0 Å². The molecule has 0 aromatic heterocycles. The summed E-state index contributed by atoms with van der Waals surface area (Å²) in [4.78, 5) is 14.0. The van der Waals surface area contributed by atoms with E-state index >= 15 is 0 Å². The monoisotopic (exact) mass is 277 g/mol. The summed E-state index contributed by atoms with van der Waals surface area (Å²) in [5, 5.41) is 0. The highest BCUT2D eigenvalue weighted by Crippen LogP contribution is 2.16. The van der Waals surface area contributed by atoms with Crippen LogP contribution in [0, 0.1) is 11.8 Å². The molecule has 0 aromatic carbocycles. The molecule has 0 aromatic rings. The molecule has 0 saturated carbocycles. The lowest BCUT2D eigenvalue weighted by molar-refractivity contribution is -0.131. The normalized spacial score (nSPS) is 15.1. The van der Waals surface area contributed by atoms with Crippen LogP contribution in [0.2, 0.25) is 0 Å². The number of carbonyl (C=O) groups is 1.